The van der Waals surface area contributed by atoms with Crippen molar-refractivity contribution in [3.05, 3.63) is 70.5 Å². The van der Waals surface area contributed by atoms with Gasteiger partial charge in [0.15, 0.2) is 0 Å². The molecule has 122 valence electrons. The van der Waals surface area contributed by atoms with Crippen LogP contribution in [0.25, 0.3) is 0 Å². The van der Waals surface area contributed by atoms with Gasteiger partial charge in [0.25, 0.3) is 0 Å². The molecule has 24 heavy (non-hydrogen) atoms. The maximum atomic E-state index is 13.2. The van der Waals surface area contributed by atoms with E-state index < -0.39 is 0 Å². The van der Waals surface area contributed by atoms with Crippen LogP contribution in [0.4, 0.5) is 16.3 Å². The molecule has 0 spiro atoms. The minimum atomic E-state index is -0.256. The van der Waals surface area contributed by atoms with E-state index in [1.165, 1.54) is 12.1 Å². The van der Waals surface area contributed by atoms with Crippen molar-refractivity contribution in [2.45, 2.75) is 18.5 Å². The Hall–Kier alpha value is -2.60. The maximum Gasteiger partial charge on any atom is 0.241 e. The largest absolute Gasteiger partial charge is 0.366 e. The average molecular weight is 344 g/mol. The van der Waals surface area contributed by atoms with Crippen LogP contribution in [0.15, 0.2) is 48.5 Å². The molecule has 2 atom stereocenters. The second-order valence-corrected chi connectivity index (χ2v) is 6.23. The lowest BCUT2D eigenvalue weighted by Gasteiger charge is -2.31. The predicted molar refractivity (Wildman–Crippen MR) is 91.4 cm³/mol. The van der Waals surface area contributed by atoms with Crippen molar-refractivity contribution in [2.24, 2.45) is 0 Å². The molecule has 0 radical (unpaired) electrons. The zero-order valence-electron chi connectivity index (χ0n) is 12.7. The quantitative estimate of drug-likeness (QED) is 0.742. The molecule has 5 nitrogen and oxygen atoms in total. The van der Waals surface area contributed by atoms with E-state index in [0.29, 0.717) is 11.0 Å². The van der Waals surface area contributed by atoms with E-state index >= 15 is 0 Å². The molecule has 0 aliphatic carbocycles. The Morgan fingerprint density at radius 3 is 2.71 bits per heavy atom. The highest BCUT2D eigenvalue weighted by Crippen LogP contribution is 2.38. The predicted octanol–water partition coefficient (Wildman–Crippen LogP) is 3.80. The van der Waals surface area contributed by atoms with Gasteiger partial charge in [-0.2, -0.15) is 4.98 Å². The van der Waals surface area contributed by atoms with Gasteiger partial charge in [-0.3, -0.25) is 0 Å². The number of nitrogens with two attached hydrogens (primary N) is 1. The third-order valence-electron chi connectivity index (χ3n) is 4.21. The van der Waals surface area contributed by atoms with E-state index in [4.69, 9.17) is 17.3 Å². The van der Waals surface area contributed by atoms with Gasteiger partial charge in [-0.1, -0.05) is 35.9 Å². The van der Waals surface area contributed by atoms with Gasteiger partial charge in [-0.25, -0.2) is 9.07 Å². The highest BCUT2D eigenvalue weighted by Gasteiger charge is 2.30. The Morgan fingerprint density at radius 2 is 1.96 bits per heavy atom. The smallest absolute Gasteiger partial charge is 0.241 e. The summed E-state index contributed by atoms with van der Waals surface area (Å²) in [5.41, 5.74) is 7.79. The number of benzene rings is 2. The molecule has 0 saturated heterocycles. The first-order valence-corrected chi connectivity index (χ1v) is 7.97. The Morgan fingerprint density at radius 1 is 1.17 bits per heavy atom. The van der Waals surface area contributed by atoms with Crippen LogP contribution in [0.3, 0.4) is 0 Å². The molecule has 0 unspecified atom stereocenters. The summed E-state index contributed by atoms with van der Waals surface area (Å²) in [7, 11) is 0. The SMILES string of the molecule is Nc1nc2n(n1)[C@H](c1cccc(Cl)c1)C[C@H](c1ccc(F)cc1)N2. The number of anilines is 2. The number of fused-ring (bicyclic) bond motifs is 1. The first-order valence-electron chi connectivity index (χ1n) is 7.59. The van der Waals surface area contributed by atoms with Crippen LogP contribution in [0, 0.1) is 5.82 Å². The van der Waals surface area contributed by atoms with Gasteiger partial charge in [0, 0.05) is 5.02 Å². The first kappa shape index (κ1) is 15.0. The number of hydrogen-bond acceptors (Lipinski definition) is 4. The highest BCUT2D eigenvalue weighted by molar-refractivity contribution is 6.30. The number of aromatic nitrogens is 3. The molecule has 0 amide bonds. The van der Waals surface area contributed by atoms with Crippen LogP contribution in [0.1, 0.15) is 29.6 Å². The van der Waals surface area contributed by atoms with Gasteiger partial charge in [-0.05, 0) is 41.8 Å². The molecule has 0 bridgehead atoms. The summed E-state index contributed by atoms with van der Waals surface area (Å²) in [4.78, 5) is 4.25. The van der Waals surface area contributed by atoms with Crippen LogP contribution in [-0.4, -0.2) is 14.8 Å². The van der Waals surface area contributed by atoms with E-state index in [2.05, 4.69) is 15.4 Å². The van der Waals surface area contributed by atoms with Gasteiger partial charge in [0.2, 0.25) is 11.9 Å². The van der Waals surface area contributed by atoms with Crippen molar-refractivity contribution in [3.63, 3.8) is 0 Å². The van der Waals surface area contributed by atoms with E-state index in [0.717, 1.165) is 17.5 Å². The molecule has 3 aromatic rings. The summed E-state index contributed by atoms with van der Waals surface area (Å²) in [6.45, 7) is 0. The molecule has 1 aliphatic rings. The van der Waals surface area contributed by atoms with E-state index in [1.54, 1.807) is 16.8 Å². The Balaban J connectivity index is 1.76. The zero-order chi connectivity index (χ0) is 16.7. The fourth-order valence-electron chi connectivity index (χ4n) is 3.10. The molecule has 3 N–H and O–H groups in total. The van der Waals surface area contributed by atoms with Crippen LogP contribution < -0.4 is 11.1 Å². The number of nitrogens with zero attached hydrogens (tertiary/aromatic N) is 3. The Bertz CT molecular complexity index is 877. The van der Waals surface area contributed by atoms with Gasteiger partial charge in [-0.15, -0.1) is 5.10 Å². The summed E-state index contributed by atoms with van der Waals surface area (Å²) in [5.74, 6) is 0.552. The van der Waals surface area contributed by atoms with Crippen molar-refractivity contribution in [1.29, 1.82) is 0 Å². The first-order chi connectivity index (χ1) is 11.6. The molecule has 4 rings (SSSR count). The molecule has 1 aromatic heterocycles. The number of hydrogen-bond donors (Lipinski definition) is 2. The average Bonchev–Trinajstić information content (AvgIpc) is 2.94. The number of nitrogens with one attached hydrogen (secondary N) is 1. The lowest BCUT2D eigenvalue weighted by Crippen LogP contribution is -2.28. The summed E-state index contributed by atoms with van der Waals surface area (Å²) in [6.07, 6.45) is 0.724. The lowest BCUT2D eigenvalue weighted by molar-refractivity contribution is 0.431. The van der Waals surface area contributed by atoms with Crippen molar-refractivity contribution in [2.75, 3.05) is 11.1 Å². The zero-order valence-corrected chi connectivity index (χ0v) is 13.4. The topological polar surface area (TPSA) is 68.8 Å². The summed E-state index contributed by atoms with van der Waals surface area (Å²) in [6, 6.07) is 14.1. The van der Waals surface area contributed by atoms with Gasteiger partial charge < -0.3 is 11.1 Å². The third kappa shape index (κ3) is 2.69. The van der Waals surface area contributed by atoms with E-state index in [1.807, 2.05) is 24.3 Å². The molecule has 1 aliphatic heterocycles. The van der Waals surface area contributed by atoms with Gasteiger partial charge >= 0.3 is 0 Å². The minimum absolute atomic E-state index is 0.0225. The molecule has 2 heterocycles. The summed E-state index contributed by atoms with van der Waals surface area (Å²) in [5, 5.41) is 8.29. The van der Waals surface area contributed by atoms with Gasteiger partial charge in [0.1, 0.15) is 5.82 Å². The van der Waals surface area contributed by atoms with Crippen LogP contribution >= 0.6 is 11.6 Å². The molecule has 0 fully saturated rings. The highest BCUT2D eigenvalue weighted by atomic mass is 35.5. The monoisotopic (exact) mass is 343 g/mol. The fourth-order valence-corrected chi connectivity index (χ4v) is 3.30. The van der Waals surface area contributed by atoms with Crippen molar-refractivity contribution in [1.82, 2.24) is 14.8 Å². The molecule has 2 aromatic carbocycles. The number of rotatable bonds is 2. The maximum absolute atomic E-state index is 13.2. The standard InChI is InChI=1S/C17H15ClFN5/c18-12-3-1-2-11(8-12)15-9-14(10-4-6-13(19)7-5-10)21-17-22-16(20)23-24(15)17/h1-8,14-15H,9H2,(H3,20,21,22,23)/t14-,15+/m1/s1. The molecule has 0 saturated carbocycles. The third-order valence-corrected chi connectivity index (χ3v) is 4.45. The lowest BCUT2D eigenvalue weighted by atomic mass is 9.93. The Labute approximate surface area is 143 Å². The summed E-state index contributed by atoms with van der Waals surface area (Å²) >= 11 is 6.14. The van der Waals surface area contributed by atoms with Crippen LogP contribution in [0.5, 0.6) is 0 Å². The minimum Gasteiger partial charge on any atom is -0.366 e. The van der Waals surface area contributed by atoms with Crippen molar-refractivity contribution >= 4 is 23.5 Å². The fraction of sp³-hybridized carbons (Fsp3) is 0.176. The van der Waals surface area contributed by atoms with E-state index in [-0.39, 0.29) is 23.8 Å². The molecular weight excluding hydrogens is 329 g/mol. The van der Waals surface area contributed by atoms with E-state index in [9.17, 15) is 4.39 Å². The summed E-state index contributed by atoms with van der Waals surface area (Å²) < 4.78 is 15.0. The second-order valence-electron chi connectivity index (χ2n) is 5.79. The Kier molecular flexibility index (Phi) is 3.61. The van der Waals surface area contributed by atoms with Gasteiger partial charge in [0.05, 0.1) is 12.1 Å². The normalized spacial score (nSPS) is 19.6. The van der Waals surface area contributed by atoms with Crippen molar-refractivity contribution in [3.8, 4) is 0 Å². The van der Waals surface area contributed by atoms with Crippen LogP contribution in [-0.2, 0) is 0 Å². The molecular formula is C17H15ClFN5. The van der Waals surface area contributed by atoms with Crippen molar-refractivity contribution < 1.29 is 4.39 Å². The number of nitrogen functional groups attached to an aromatic ring is 1. The van der Waals surface area contributed by atoms with Crippen LogP contribution in [0.2, 0.25) is 5.02 Å². The molecule has 7 heteroatoms. The second kappa shape index (κ2) is 5.79. The number of halogens is 2.